The van der Waals surface area contributed by atoms with E-state index in [9.17, 15) is 4.79 Å². The molecule has 1 unspecified atom stereocenters. The molecule has 0 heterocycles. The number of amides is 1. The number of nitrogens with one attached hydrogen (secondary N) is 1. The van der Waals surface area contributed by atoms with Crippen LogP contribution in [0.2, 0.25) is 0 Å². The number of carbonyl (C=O) groups is 1. The van der Waals surface area contributed by atoms with Crippen LogP contribution in [-0.2, 0) is 11.2 Å². The van der Waals surface area contributed by atoms with Crippen LogP contribution in [0.3, 0.4) is 0 Å². The number of hydrogen-bond donors (Lipinski definition) is 2. The predicted octanol–water partition coefficient (Wildman–Crippen LogP) is 4.90. The molecule has 0 radical (unpaired) electrons. The molecule has 1 aliphatic carbocycles. The minimum Gasteiger partial charge on any atom is -0.327 e. The molecule has 1 amide bonds. The maximum absolute atomic E-state index is 12.1. The Morgan fingerprint density at radius 1 is 1.17 bits per heavy atom. The Morgan fingerprint density at radius 3 is 2.46 bits per heavy atom. The van der Waals surface area contributed by atoms with Crippen LogP contribution in [0, 0.1) is 11.8 Å². The standard InChI is InChI=1S/C21H34N2O/c1-16(2)14-19(22)15-18-8-11-20(12-9-18)23-21(24)13-10-17-6-4-3-5-7-17/h8-9,11-12,16-17,19H,3-7,10,13-15,22H2,1-2H3,(H,23,24). The van der Waals surface area contributed by atoms with Crippen LogP contribution in [0.5, 0.6) is 0 Å². The van der Waals surface area contributed by atoms with Crippen molar-refractivity contribution < 1.29 is 4.79 Å². The Hall–Kier alpha value is -1.35. The Labute approximate surface area is 147 Å². The third-order valence-electron chi connectivity index (χ3n) is 5.01. The van der Waals surface area contributed by atoms with Gasteiger partial charge in [0.05, 0.1) is 0 Å². The van der Waals surface area contributed by atoms with Gasteiger partial charge in [-0.05, 0) is 48.8 Å². The van der Waals surface area contributed by atoms with E-state index in [2.05, 4.69) is 31.3 Å². The van der Waals surface area contributed by atoms with E-state index in [1.165, 1.54) is 37.7 Å². The van der Waals surface area contributed by atoms with E-state index in [1.54, 1.807) is 0 Å². The number of rotatable bonds is 8. The van der Waals surface area contributed by atoms with E-state index >= 15 is 0 Å². The first kappa shape index (κ1) is 19.0. The summed E-state index contributed by atoms with van der Waals surface area (Å²) in [5.41, 5.74) is 8.30. The molecular weight excluding hydrogens is 296 g/mol. The summed E-state index contributed by atoms with van der Waals surface area (Å²) in [5, 5.41) is 3.02. The lowest BCUT2D eigenvalue weighted by molar-refractivity contribution is -0.116. The molecule has 3 nitrogen and oxygen atoms in total. The molecule has 0 aliphatic heterocycles. The summed E-state index contributed by atoms with van der Waals surface area (Å²) in [6.07, 6.45) is 10.3. The molecule has 1 fully saturated rings. The van der Waals surface area contributed by atoms with Crippen LogP contribution in [0.1, 0.15) is 70.8 Å². The van der Waals surface area contributed by atoms with Crippen molar-refractivity contribution in [2.24, 2.45) is 17.6 Å². The quantitative estimate of drug-likeness (QED) is 0.712. The third-order valence-corrected chi connectivity index (χ3v) is 5.01. The number of hydrogen-bond acceptors (Lipinski definition) is 2. The first-order valence-electron chi connectivity index (χ1n) is 9.67. The second-order valence-electron chi connectivity index (χ2n) is 7.88. The SMILES string of the molecule is CC(C)CC(N)Cc1ccc(NC(=O)CCC2CCCCC2)cc1. The summed E-state index contributed by atoms with van der Waals surface area (Å²) in [6.45, 7) is 4.40. The van der Waals surface area contributed by atoms with Gasteiger partial charge in [0.25, 0.3) is 0 Å². The molecule has 1 aromatic carbocycles. The second-order valence-corrected chi connectivity index (χ2v) is 7.88. The van der Waals surface area contributed by atoms with Gasteiger partial charge in [-0.3, -0.25) is 4.79 Å². The highest BCUT2D eigenvalue weighted by Crippen LogP contribution is 2.27. The molecule has 1 aliphatic rings. The Balaban J connectivity index is 1.73. The molecule has 3 N–H and O–H groups in total. The number of anilines is 1. The molecule has 0 aromatic heterocycles. The number of nitrogens with two attached hydrogens (primary N) is 1. The van der Waals surface area contributed by atoms with Gasteiger partial charge < -0.3 is 11.1 Å². The van der Waals surface area contributed by atoms with Gasteiger partial charge in [0.15, 0.2) is 0 Å². The van der Waals surface area contributed by atoms with Gasteiger partial charge in [0.2, 0.25) is 5.91 Å². The fraction of sp³-hybridized carbons (Fsp3) is 0.667. The topological polar surface area (TPSA) is 55.1 Å². The zero-order chi connectivity index (χ0) is 17.4. The van der Waals surface area contributed by atoms with Crippen molar-refractivity contribution in [1.82, 2.24) is 0 Å². The van der Waals surface area contributed by atoms with Crippen LogP contribution < -0.4 is 11.1 Å². The van der Waals surface area contributed by atoms with E-state index < -0.39 is 0 Å². The van der Waals surface area contributed by atoms with Gasteiger partial charge in [0, 0.05) is 18.2 Å². The predicted molar refractivity (Wildman–Crippen MR) is 102 cm³/mol. The highest BCUT2D eigenvalue weighted by molar-refractivity contribution is 5.90. The highest BCUT2D eigenvalue weighted by Gasteiger charge is 2.15. The van der Waals surface area contributed by atoms with Crippen molar-refractivity contribution in [3.05, 3.63) is 29.8 Å². The van der Waals surface area contributed by atoms with E-state index in [4.69, 9.17) is 5.73 Å². The van der Waals surface area contributed by atoms with Crippen LogP contribution in [0.4, 0.5) is 5.69 Å². The lowest BCUT2D eigenvalue weighted by Gasteiger charge is -2.21. The molecule has 134 valence electrons. The molecular formula is C21H34N2O. The fourth-order valence-corrected chi connectivity index (χ4v) is 3.75. The van der Waals surface area contributed by atoms with Gasteiger partial charge >= 0.3 is 0 Å². The molecule has 1 atom stereocenters. The van der Waals surface area contributed by atoms with Gasteiger partial charge in [-0.2, -0.15) is 0 Å². The van der Waals surface area contributed by atoms with Gasteiger partial charge in [0.1, 0.15) is 0 Å². The minimum atomic E-state index is 0.143. The molecule has 0 saturated heterocycles. The molecule has 0 spiro atoms. The molecule has 24 heavy (non-hydrogen) atoms. The van der Waals surface area contributed by atoms with E-state index in [1.807, 2.05) is 12.1 Å². The molecule has 1 saturated carbocycles. The van der Waals surface area contributed by atoms with Crippen LogP contribution >= 0.6 is 0 Å². The van der Waals surface area contributed by atoms with E-state index in [-0.39, 0.29) is 11.9 Å². The first-order chi connectivity index (χ1) is 11.5. The van der Waals surface area contributed by atoms with Crippen molar-refractivity contribution in [1.29, 1.82) is 0 Å². The molecule has 3 heteroatoms. The fourth-order valence-electron chi connectivity index (χ4n) is 3.75. The largest absolute Gasteiger partial charge is 0.327 e. The third kappa shape index (κ3) is 7.04. The average Bonchev–Trinajstić information content (AvgIpc) is 2.55. The van der Waals surface area contributed by atoms with Crippen molar-refractivity contribution in [3.63, 3.8) is 0 Å². The number of carbonyl (C=O) groups excluding carboxylic acids is 1. The minimum absolute atomic E-state index is 0.143. The smallest absolute Gasteiger partial charge is 0.224 e. The van der Waals surface area contributed by atoms with Crippen LogP contribution in [0.15, 0.2) is 24.3 Å². The molecule has 1 aromatic rings. The van der Waals surface area contributed by atoms with Crippen LogP contribution in [-0.4, -0.2) is 11.9 Å². The Kier molecular flexibility index (Phi) is 7.77. The van der Waals surface area contributed by atoms with Crippen molar-refractivity contribution in [2.45, 2.75) is 77.7 Å². The van der Waals surface area contributed by atoms with Crippen LogP contribution in [0.25, 0.3) is 0 Å². The Morgan fingerprint density at radius 2 is 1.83 bits per heavy atom. The van der Waals surface area contributed by atoms with Gasteiger partial charge in [-0.1, -0.05) is 58.1 Å². The zero-order valence-corrected chi connectivity index (χ0v) is 15.4. The summed E-state index contributed by atoms with van der Waals surface area (Å²) < 4.78 is 0. The maximum atomic E-state index is 12.1. The summed E-state index contributed by atoms with van der Waals surface area (Å²) in [7, 11) is 0. The summed E-state index contributed by atoms with van der Waals surface area (Å²) in [6, 6.07) is 8.36. The van der Waals surface area contributed by atoms with Gasteiger partial charge in [-0.15, -0.1) is 0 Å². The molecule has 0 bridgehead atoms. The lowest BCUT2D eigenvalue weighted by atomic mass is 9.86. The highest BCUT2D eigenvalue weighted by atomic mass is 16.1. The Bertz CT molecular complexity index is 489. The summed E-state index contributed by atoms with van der Waals surface area (Å²) >= 11 is 0. The van der Waals surface area contributed by atoms with E-state index in [0.29, 0.717) is 12.3 Å². The van der Waals surface area contributed by atoms with Crippen molar-refractivity contribution >= 4 is 11.6 Å². The van der Waals surface area contributed by atoms with Crippen molar-refractivity contribution in [3.8, 4) is 0 Å². The first-order valence-corrected chi connectivity index (χ1v) is 9.67. The zero-order valence-electron chi connectivity index (χ0n) is 15.4. The average molecular weight is 331 g/mol. The number of benzene rings is 1. The van der Waals surface area contributed by atoms with Gasteiger partial charge in [-0.25, -0.2) is 0 Å². The normalized spacial score (nSPS) is 17.0. The lowest BCUT2D eigenvalue weighted by Crippen LogP contribution is -2.24. The molecule has 2 rings (SSSR count). The summed E-state index contributed by atoms with van der Waals surface area (Å²) in [4.78, 5) is 12.1. The maximum Gasteiger partial charge on any atom is 0.224 e. The monoisotopic (exact) mass is 330 g/mol. The van der Waals surface area contributed by atoms with Crippen molar-refractivity contribution in [2.75, 3.05) is 5.32 Å². The second kappa shape index (κ2) is 9.83. The van der Waals surface area contributed by atoms with E-state index in [0.717, 1.165) is 30.9 Å². The summed E-state index contributed by atoms with van der Waals surface area (Å²) in [5.74, 6) is 1.53.